The van der Waals surface area contributed by atoms with Crippen molar-refractivity contribution in [2.75, 3.05) is 6.26 Å². The van der Waals surface area contributed by atoms with Crippen molar-refractivity contribution in [1.82, 2.24) is 0 Å². The van der Waals surface area contributed by atoms with Gasteiger partial charge in [0.2, 0.25) is 0 Å². The van der Waals surface area contributed by atoms with Crippen LogP contribution in [0.25, 0.3) is 0 Å². The van der Waals surface area contributed by atoms with Crippen molar-refractivity contribution in [2.45, 2.75) is 4.90 Å². The topological polar surface area (TPSA) is 71.4 Å². The molecule has 0 bridgehead atoms. The predicted molar refractivity (Wildman–Crippen MR) is 46.5 cm³/mol. The molecule has 0 unspecified atom stereocenters. The van der Waals surface area contributed by atoms with Crippen LogP contribution in [0.1, 0.15) is 10.4 Å². The largest absolute Gasteiger partial charge is 0.478 e. The highest BCUT2D eigenvalue weighted by Crippen LogP contribution is 2.19. The highest BCUT2D eigenvalue weighted by atomic mass is 32.2. The molecular weight excluding hydrogens is 211 g/mol. The molecule has 0 atom stereocenters. The van der Waals surface area contributed by atoms with Gasteiger partial charge in [0.25, 0.3) is 0 Å². The van der Waals surface area contributed by atoms with Gasteiger partial charge in [-0.2, -0.15) is 0 Å². The monoisotopic (exact) mass is 218 g/mol. The molecule has 1 N–H and O–H groups in total. The summed E-state index contributed by atoms with van der Waals surface area (Å²) < 4.78 is 35.2. The molecule has 0 fully saturated rings. The lowest BCUT2D eigenvalue weighted by Gasteiger charge is -2.04. The second kappa shape index (κ2) is 3.38. The summed E-state index contributed by atoms with van der Waals surface area (Å²) in [7, 11) is -3.86. The molecule has 0 radical (unpaired) electrons. The standard InChI is InChI=1S/C8H7FO4S/c1-14(12,13)7-5(8(10)11)3-2-4-6(7)9/h2-4H,1H3,(H,10,11). The first-order valence-corrected chi connectivity index (χ1v) is 5.45. The lowest BCUT2D eigenvalue weighted by molar-refractivity contribution is 0.0691. The molecule has 0 spiro atoms. The average Bonchev–Trinajstić information content (AvgIpc) is 2.01. The summed E-state index contributed by atoms with van der Waals surface area (Å²) in [4.78, 5) is 9.82. The van der Waals surface area contributed by atoms with Gasteiger partial charge < -0.3 is 5.11 Å². The van der Waals surface area contributed by atoms with E-state index in [1.54, 1.807) is 0 Å². The number of sulfone groups is 1. The van der Waals surface area contributed by atoms with E-state index in [0.717, 1.165) is 24.5 Å². The first-order valence-electron chi connectivity index (χ1n) is 3.56. The van der Waals surface area contributed by atoms with Gasteiger partial charge in [0, 0.05) is 6.26 Å². The van der Waals surface area contributed by atoms with E-state index in [1.165, 1.54) is 0 Å². The van der Waals surface area contributed by atoms with Crippen molar-refractivity contribution < 1.29 is 22.7 Å². The number of benzene rings is 1. The van der Waals surface area contributed by atoms with Crippen molar-refractivity contribution in [3.05, 3.63) is 29.6 Å². The van der Waals surface area contributed by atoms with E-state index in [-0.39, 0.29) is 0 Å². The lowest BCUT2D eigenvalue weighted by atomic mass is 10.2. The number of rotatable bonds is 2. The minimum absolute atomic E-state index is 0.549. The maximum Gasteiger partial charge on any atom is 0.337 e. The summed E-state index contributed by atoms with van der Waals surface area (Å²) in [5.74, 6) is -2.52. The number of halogens is 1. The first kappa shape index (κ1) is 10.6. The number of aromatic carboxylic acids is 1. The normalized spacial score (nSPS) is 11.3. The maximum absolute atomic E-state index is 13.1. The fourth-order valence-corrected chi connectivity index (χ4v) is 2.03. The van der Waals surface area contributed by atoms with Gasteiger partial charge in [-0.1, -0.05) is 6.07 Å². The van der Waals surface area contributed by atoms with E-state index >= 15 is 0 Å². The van der Waals surface area contributed by atoms with Gasteiger partial charge in [0.1, 0.15) is 10.7 Å². The van der Waals surface area contributed by atoms with Gasteiger partial charge in [0.15, 0.2) is 9.84 Å². The minimum atomic E-state index is -3.86. The number of hydrogen-bond donors (Lipinski definition) is 1. The van der Waals surface area contributed by atoms with Crippen LogP contribution >= 0.6 is 0 Å². The molecule has 1 aromatic rings. The van der Waals surface area contributed by atoms with Crippen LogP contribution in [0.2, 0.25) is 0 Å². The summed E-state index contributed by atoms with van der Waals surface area (Å²) in [6, 6.07) is 3.10. The zero-order valence-electron chi connectivity index (χ0n) is 7.19. The number of carboxylic acid groups (broad SMARTS) is 1. The van der Waals surface area contributed by atoms with E-state index < -0.39 is 32.1 Å². The van der Waals surface area contributed by atoms with Crippen molar-refractivity contribution >= 4 is 15.8 Å². The Bertz CT molecular complexity index is 478. The molecule has 0 aromatic heterocycles. The van der Waals surface area contributed by atoms with Crippen LogP contribution in [-0.2, 0) is 9.84 Å². The Morgan fingerprint density at radius 1 is 1.43 bits per heavy atom. The average molecular weight is 218 g/mol. The number of hydrogen-bond acceptors (Lipinski definition) is 3. The molecule has 0 aliphatic heterocycles. The van der Waals surface area contributed by atoms with Crippen LogP contribution in [0.4, 0.5) is 4.39 Å². The van der Waals surface area contributed by atoms with Gasteiger partial charge >= 0.3 is 5.97 Å². The molecule has 6 heteroatoms. The minimum Gasteiger partial charge on any atom is -0.478 e. The summed E-state index contributed by atoms with van der Waals surface area (Å²) in [5.41, 5.74) is -0.549. The SMILES string of the molecule is CS(=O)(=O)c1c(F)cccc1C(=O)O. The van der Waals surface area contributed by atoms with Gasteiger partial charge in [0.05, 0.1) is 5.56 Å². The second-order valence-electron chi connectivity index (χ2n) is 2.69. The molecule has 0 heterocycles. The Balaban J connectivity index is 3.62. The third-order valence-corrected chi connectivity index (χ3v) is 2.72. The summed E-state index contributed by atoms with van der Waals surface area (Å²) in [6.45, 7) is 0. The molecule has 0 saturated carbocycles. The van der Waals surface area contributed by atoms with Crippen LogP contribution in [0.5, 0.6) is 0 Å². The van der Waals surface area contributed by atoms with Gasteiger partial charge in [-0.3, -0.25) is 0 Å². The fourth-order valence-electron chi connectivity index (χ4n) is 1.05. The van der Waals surface area contributed by atoms with Crippen LogP contribution in [-0.4, -0.2) is 25.7 Å². The highest BCUT2D eigenvalue weighted by molar-refractivity contribution is 7.90. The summed E-state index contributed by atoms with van der Waals surface area (Å²) in [6.07, 6.45) is 0.762. The maximum atomic E-state index is 13.1. The highest BCUT2D eigenvalue weighted by Gasteiger charge is 2.22. The number of carboxylic acids is 1. The number of carbonyl (C=O) groups is 1. The zero-order chi connectivity index (χ0) is 10.9. The molecule has 76 valence electrons. The second-order valence-corrected chi connectivity index (χ2v) is 4.65. The Kier molecular flexibility index (Phi) is 2.57. The Hall–Kier alpha value is -1.43. The summed E-state index contributed by atoms with van der Waals surface area (Å²) >= 11 is 0. The third-order valence-electron chi connectivity index (χ3n) is 1.57. The van der Waals surface area contributed by atoms with Crippen LogP contribution < -0.4 is 0 Å². The van der Waals surface area contributed by atoms with Gasteiger partial charge in [-0.15, -0.1) is 0 Å². The molecule has 0 saturated heterocycles. The molecule has 14 heavy (non-hydrogen) atoms. The van der Waals surface area contributed by atoms with E-state index in [4.69, 9.17) is 5.11 Å². The molecule has 1 rings (SSSR count). The molecule has 0 aliphatic carbocycles. The van der Waals surface area contributed by atoms with Crippen LogP contribution in [0.3, 0.4) is 0 Å². The van der Waals surface area contributed by atoms with Crippen LogP contribution in [0, 0.1) is 5.82 Å². The zero-order valence-corrected chi connectivity index (χ0v) is 8.01. The molecular formula is C8H7FO4S. The van der Waals surface area contributed by atoms with Crippen molar-refractivity contribution in [2.24, 2.45) is 0 Å². The Morgan fingerprint density at radius 3 is 2.36 bits per heavy atom. The third kappa shape index (κ3) is 1.90. The lowest BCUT2D eigenvalue weighted by Crippen LogP contribution is -2.09. The van der Waals surface area contributed by atoms with Gasteiger partial charge in [-0.25, -0.2) is 17.6 Å². The Labute approximate surface area is 79.9 Å². The van der Waals surface area contributed by atoms with Crippen molar-refractivity contribution in [3.8, 4) is 0 Å². The first-order chi connectivity index (χ1) is 6.34. The van der Waals surface area contributed by atoms with E-state index in [2.05, 4.69) is 0 Å². The molecule has 0 amide bonds. The van der Waals surface area contributed by atoms with Crippen molar-refractivity contribution in [1.29, 1.82) is 0 Å². The molecule has 4 nitrogen and oxygen atoms in total. The van der Waals surface area contributed by atoms with Gasteiger partial charge in [-0.05, 0) is 12.1 Å². The molecule has 0 aliphatic rings. The summed E-state index contributed by atoms with van der Waals surface area (Å²) in [5, 5.41) is 8.62. The smallest absolute Gasteiger partial charge is 0.337 e. The molecule has 1 aromatic carbocycles. The van der Waals surface area contributed by atoms with Crippen LogP contribution in [0.15, 0.2) is 23.1 Å². The quantitative estimate of drug-likeness (QED) is 0.801. The van der Waals surface area contributed by atoms with E-state index in [0.29, 0.717) is 0 Å². The van der Waals surface area contributed by atoms with E-state index in [9.17, 15) is 17.6 Å². The fraction of sp³-hybridized carbons (Fsp3) is 0.125. The predicted octanol–water partition coefficient (Wildman–Crippen LogP) is 0.927. The van der Waals surface area contributed by atoms with E-state index in [1.807, 2.05) is 0 Å². The Morgan fingerprint density at radius 2 is 2.00 bits per heavy atom. The van der Waals surface area contributed by atoms with Crippen molar-refractivity contribution in [3.63, 3.8) is 0 Å².